The summed E-state index contributed by atoms with van der Waals surface area (Å²) in [5, 5.41) is 5.23. The number of hydrogen-bond acceptors (Lipinski definition) is 5. The minimum Gasteiger partial charge on any atom is -0.486 e. The smallest absolute Gasteiger partial charge is 0.243 e. The Morgan fingerprint density at radius 3 is 2.54 bits per heavy atom. The van der Waals surface area contributed by atoms with Crippen molar-refractivity contribution in [1.82, 2.24) is 14.9 Å². The highest BCUT2D eigenvalue weighted by Crippen LogP contribution is 2.16. The lowest BCUT2D eigenvalue weighted by atomic mass is 10.1. The summed E-state index contributed by atoms with van der Waals surface area (Å²) in [6.07, 6.45) is 3.56. The van der Waals surface area contributed by atoms with Crippen molar-refractivity contribution >= 4 is 17.5 Å². The van der Waals surface area contributed by atoms with Gasteiger partial charge in [0.2, 0.25) is 11.8 Å². The Morgan fingerprint density at radius 1 is 1.27 bits per heavy atom. The van der Waals surface area contributed by atoms with Crippen molar-refractivity contribution in [1.29, 1.82) is 0 Å². The summed E-state index contributed by atoms with van der Waals surface area (Å²) >= 11 is 0. The van der Waals surface area contributed by atoms with E-state index in [1.165, 1.54) is 0 Å². The van der Waals surface area contributed by atoms with Crippen molar-refractivity contribution in [3.8, 4) is 5.75 Å². The van der Waals surface area contributed by atoms with E-state index in [1.807, 2.05) is 31.7 Å². The Hall–Kier alpha value is -2.87. The zero-order valence-corrected chi connectivity index (χ0v) is 15.2. The van der Waals surface area contributed by atoms with Gasteiger partial charge in [-0.1, -0.05) is 13.8 Å². The third-order valence-electron chi connectivity index (χ3n) is 3.87. The van der Waals surface area contributed by atoms with Crippen LogP contribution in [0.1, 0.15) is 19.7 Å². The predicted molar refractivity (Wildman–Crippen MR) is 98.4 cm³/mol. The lowest BCUT2D eigenvalue weighted by Gasteiger charge is -2.15. The quantitative estimate of drug-likeness (QED) is 0.652. The van der Waals surface area contributed by atoms with Crippen LogP contribution in [0.4, 0.5) is 5.69 Å². The molecular weight excluding hydrogens is 334 g/mol. The molecule has 0 saturated heterocycles. The molecule has 0 bridgehead atoms. The van der Waals surface area contributed by atoms with Gasteiger partial charge in [-0.25, -0.2) is 4.98 Å². The van der Waals surface area contributed by atoms with Crippen molar-refractivity contribution in [2.24, 2.45) is 18.7 Å². The maximum atomic E-state index is 11.9. The summed E-state index contributed by atoms with van der Waals surface area (Å²) < 4.78 is 7.53. The fraction of sp³-hybridized carbons (Fsp3) is 0.389. The van der Waals surface area contributed by atoms with E-state index in [9.17, 15) is 9.59 Å². The van der Waals surface area contributed by atoms with Gasteiger partial charge in [0.15, 0.2) is 0 Å². The molecule has 1 aromatic carbocycles. The number of imidazole rings is 1. The number of carbonyl (C=O) groups excluding carboxylic acids is 2. The third kappa shape index (κ3) is 5.59. The number of rotatable bonds is 8. The first-order valence-electron chi connectivity index (χ1n) is 8.39. The van der Waals surface area contributed by atoms with Gasteiger partial charge in [-0.05, 0) is 30.2 Å². The molecule has 8 heteroatoms. The monoisotopic (exact) mass is 359 g/mol. The summed E-state index contributed by atoms with van der Waals surface area (Å²) in [6.45, 7) is 3.93. The first-order valence-corrected chi connectivity index (χ1v) is 8.39. The Labute approximate surface area is 152 Å². The van der Waals surface area contributed by atoms with Crippen molar-refractivity contribution < 1.29 is 14.3 Å². The van der Waals surface area contributed by atoms with E-state index in [0.29, 0.717) is 18.0 Å². The number of aromatic nitrogens is 2. The Bertz CT molecular complexity index is 740. The predicted octanol–water partition coefficient (Wildman–Crippen LogP) is 1.04. The third-order valence-corrected chi connectivity index (χ3v) is 3.87. The molecule has 2 amide bonds. The van der Waals surface area contributed by atoms with Gasteiger partial charge < -0.3 is 25.7 Å². The number of anilines is 1. The molecule has 1 atom stereocenters. The number of nitrogens with zero attached hydrogens (tertiary/aromatic N) is 2. The first kappa shape index (κ1) is 19.5. The number of nitrogens with one attached hydrogen (secondary N) is 2. The highest BCUT2D eigenvalue weighted by Gasteiger charge is 2.17. The Morgan fingerprint density at radius 2 is 1.96 bits per heavy atom. The molecule has 0 aliphatic carbocycles. The molecule has 0 spiro atoms. The summed E-state index contributed by atoms with van der Waals surface area (Å²) in [7, 11) is 1.90. The summed E-state index contributed by atoms with van der Waals surface area (Å²) in [4.78, 5) is 27.8. The van der Waals surface area contributed by atoms with E-state index in [1.54, 1.807) is 30.5 Å². The van der Waals surface area contributed by atoms with E-state index < -0.39 is 6.04 Å². The Balaban J connectivity index is 1.78. The van der Waals surface area contributed by atoms with Crippen LogP contribution >= 0.6 is 0 Å². The van der Waals surface area contributed by atoms with Crippen LogP contribution in [-0.2, 0) is 23.2 Å². The molecule has 140 valence electrons. The second-order valence-corrected chi connectivity index (χ2v) is 6.30. The van der Waals surface area contributed by atoms with Crippen molar-refractivity contribution in [2.75, 3.05) is 11.9 Å². The lowest BCUT2D eigenvalue weighted by molar-refractivity contribution is -0.125. The van der Waals surface area contributed by atoms with Crippen molar-refractivity contribution in [3.63, 3.8) is 0 Å². The van der Waals surface area contributed by atoms with E-state index in [-0.39, 0.29) is 24.3 Å². The van der Waals surface area contributed by atoms with Crippen LogP contribution in [0.25, 0.3) is 0 Å². The molecule has 0 fully saturated rings. The van der Waals surface area contributed by atoms with Gasteiger partial charge in [0.05, 0.1) is 12.6 Å². The van der Waals surface area contributed by atoms with Crippen molar-refractivity contribution in [3.05, 3.63) is 42.5 Å². The summed E-state index contributed by atoms with van der Waals surface area (Å²) in [5.41, 5.74) is 6.34. The molecule has 4 N–H and O–H groups in total. The second-order valence-electron chi connectivity index (χ2n) is 6.30. The number of ether oxygens (including phenoxy) is 1. The van der Waals surface area contributed by atoms with Crippen LogP contribution in [0.15, 0.2) is 36.7 Å². The first-order chi connectivity index (χ1) is 12.4. The SMILES string of the molecule is CC(C)[C@H](N)C(=O)NCC(=O)Nc1ccc(OCc2nccn2C)cc1. The highest BCUT2D eigenvalue weighted by atomic mass is 16.5. The largest absolute Gasteiger partial charge is 0.486 e. The van der Waals surface area contributed by atoms with E-state index in [2.05, 4.69) is 15.6 Å². The van der Waals surface area contributed by atoms with E-state index in [0.717, 1.165) is 5.82 Å². The van der Waals surface area contributed by atoms with Crippen LogP contribution < -0.4 is 21.1 Å². The van der Waals surface area contributed by atoms with Gasteiger partial charge in [0.25, 0.3) is 0 Å². The van der Waals surface area contributed by atoms with Gasteiger partial charge in [-0.15, -0.1) is 0 Å². The average Bonchev–Trinajstić information content (AvgIpc) is 3.03. The van der Waals surface area contributed by atoms with Gasteiger partial charge in [-0.2, -0.15) is 0 Å². The van der Waals surface area contributed by atoms with Gasteiger partial charge in [-0.3, -0.25) is 9.59 Å². The molecular formula is C18H25N5O3. The fourth-order valence-electron chi connectivity index (χ4n) is 2.11. The van der Waals surface area contributed by atoms with E-state index >= 15 is 0 Å². The lowest BCUT2D eigenvalue weighted by Crippen LogP contribution is -2.46. The minimum absolute atomic E-state index is 0.0105. The molecule has 26 heavy (non-hydrogen) atoms. The number of benzene rings is 1. The summed E-state index contributed by atoms with van der Waals surface area (Å²) in [6, 6.07) is 6.34. The normalized spacial score (nSPS) is 11.9. The van der Waals surface area contributed by atoms with Crippen LogP contribution in [0.2, 0.25) is 0 Å². The molecule has 8 nitrogen and oxygen atoms in total. The molecule has 0 aliphatic rings. The number of carbonyl (C=O) groups is 2. The van der Waals surface area contributed by atoms with E-state index in [4.69, 9.17) is 10.5 Å². The number of hydrogen-bond donors (Lipinski definition) is 3. The van der Waals surface area contributed by atoms with Crippen molar-refractivity contribution in [2.45, 2.75) is 26.5 Å². The molecule has 0 saturated carbocycles. The number of aryl methyl sites for hydroxylation is 1. The van der Waals surface area contributed by atoms with Crippen LogP contribution in [0.3, 0.4) is 0 Å². The molecule has 0 unspecified atom stereocenters. The minimum atomic E-state index is -0.627. The number of amides is 2. The van der Waals surface area contributed by atoms with Gasteiger partial charge in [0, 0.05) is 25.1 Å². The molecule has 2 rings (SSSR count). The average molecular weight is 359 g/mol. The molecule has 0 aliphatic heterocycles. The van der Waals surface area contributed by atoms with Crippen LogP contribution in [-0.4, -0.2) is 34.0 Å². The highest BCUT2D eigenvalue weighted by molar-refractivity contribution is 5.95. The Kier molecular flexibility index (Phi) is 6.74. The number of nitrogens with two attached hydrogens (primary N) is 1. The molecule has 2 aromatic rings. The molecule has 1 aromatic heterocycles. The fourth-order valence-corrected chi connectivity index (χ4v) is 2.11. The zero-order chi connectivity index (χ0) is 19.1. The van der Waals surface area contributed by atoms with Gasteiger partial charge >= 0.3 is 0 Å². The molecule has 1 heterocycles. The van der Waals surface area contributed by atoms with Crippen LogP contribution in [0.5, 0.6) is 5.75 Å². The molecule has 0 radical (unpaired) electrons. The summed E-state index contributed by atoms with van der Waals surface area (Å²) in [5.74, 6) is 0.834. The zero-order valence-electron chi connectivity index (χ0n) is 15.2. The second kappa shape index (κ2) is 9.00. The maximum absolute atomic E-state index is 11.9. The standard InChI is InChI=1S/C18H25N5O3/c1-12(2)17(19)18(25)21-10-16(24)22-13-4-6-14(7-5-13)26-11-15-20-8-9-23(15)3/h4-9,12,17H,10-11,19H2,1-3H3,(H,21,25)(H,22,24)/t17-/m0/s1. The topological polar surface area (TPSA) is 111 Å². The van der Waals surface area contributed by atoms with Crippen LogP contribution in [0, 0.1) is 5.92 Å². The maximum Gasteiger partial charge on any atom is 0.243 e. The van der Waals surface area contributed by atoms with Gasteiger partial charge in [0.1, 0.15) is 18.2 Å².